The first kappa shape index (κ1) is 13.9. The van der Waals surface area contributed by atoms with Gasteiger partial charge in [-0.1, -0.05) is 6.07 Å². The fourth-order valence-electron chi connectivity index (χ4n) is 2.67. The molecule has 0 spiro atoms. The third-order valence-electron chi connectivity index (χ3n) is 3.65. The lowest BCUT2D eigenvalue weighted by Gasteiger charge is -2.20. The maximum atomic E-state index is 11.1. The van der Waals surface area contributed by atoms with E-state index in [0.29, 0.717) is 0 Å². The molecule has 0 saturated carbocycles. The zero-order chi connectivity index (χ0) is 13.8. The lowest BCUT2D eigenvalue weighted by molar-refractivity contribution is -0.119. The maximum absolute atomic E-state index is 11.1. The van der Waals surface area contributed by atoms with Crippen LogP contribution in [0.5, 0.6) is 0 Å². The predicted molar refractivity (Wildman–Crippen MR) is 78.4 cm³/mol. The first-order chi connectivity index (χ1) is 9.10. The Kier molecular flexibility index (Phi) is 4.43. The molecule has 0 aromatic heterocycles. The second-order valence-electron chi connectivity index (χ2n) is 5.27. The lowest BCUT2D eigenvalue weighted by Crippen LogP contribution is -2.35. The Hall–Kier alpha value is -1.55. The van der Waals surface area contributed by atoms with Crippen molar-refractivity contribution in [2.24, 2.45) is 0 Å². The SMILES string of the molecule is CNCc1ccc(N2CCC(NC(C)=O)C2)cc1C. The van der Waals surface area contributed by atoms with Crippen molar-refractivity contribution >= 4 is 11.6 Å². The normalized spacial score (nSPS) is 18.7. The second kappa shape index (κ2) is 6.06. The van der Waals surface area contributed by atoms with E-state index in [4.69, 9.17) is 0 Å². The van der Waals surface area contributed by atoms with Gasteiger partial charge in [-0.15, -0.1) is 0 Å². The summed E-state index contributed by atoms with van der Waals surface area (Å²) in [7, 11) is 1.96. The molecular formula is C15H23N3O. The van der Waals surface area contributed by atoms with Crippen molar-refractivity contribution in [2.45, 2.75) is 32.9 Å². The van der Waals surface area contributed by atoms with Crippen molar-refractivity contribution < 1.29 is 4.79 Å². The Balaban J connectivity index is 2.03. The molecule has 1 aromatic carbocycles. The van der Waals surface area contributed by atoms with E-state index in [9.17, 15) is 4.79 Å². The molecule has 2 N–H and O–H groups in total. The standard InChI is InChI=1S/C15H23N3O/c1-11-8-15(5-4-13(11)9-16-3)18-7-6-14(10-18)17-12(2)19/h4-5,8,14,16H,6-7,9-10H2,1-3H3,(H,17,19). The van der Waals surface area contributed by atoms with Crippen molar-refractivity contribution in [3.8, 4) is 0 Å². The van der Waals surface area contributed by atoms with Crippen molar-refractivity contribution in [1.29, 1.82) is 0 Å². The van der Waals surface area contributed by atoms with Gasteiger partial charge in [0.1, 0.15) is 0 Å². The second-order valence-corrected chi connectivity index (χ2v) is 5.27. The molecule has 1 unspecified atom stereocenters. The molecule has 0 radical (unpaired) electrons. The van der Waals surface area contributed by atoms with Gasteiger partial charge in [0.15, 0.2) is 0 Å². The minimum absolute atomic E-state index is 0.0624. The molecule has 0 aliphatic carbocycles. The highest BCUT2D eigenvalue weighted by molar-refractivity contribution is 5.73. The summed E-state index contributed by atoms with van der Waals surface area (Å²) in [5.41, 5.74) is 3.91. The van der Waals surface area contributed by atoms with Crippen LogP contribution in [0.2, 0.25) is 0 Å². The third kappa shape index (κ3) is 3.47. The summed E-state index contributed by atoms with van der Waals surface area (Å²) in [6, 6.07) is 6.89. The van der Waals surface area contributed by atoms with Gasteiger partial charge in [0, 0.05) is 38.3 Å². The van der Waals surface area contributed by atoms with Gasteiger partial charge in [-0.05, 0) is 43.7 Å². The Labute approximate surface area is 115 Å². The number of nitrogens with one attached hydrogen (secondary N) is 2. The van der Waals surface area contributed by atoms with Crippen LogP contribution in [0.1, 0.15) is 24.5 Å². The lowest BCUT2D eigenvalue weighted by atomic mass is 10.1. The van der Waals surface area contributed by atoms with Crippen LogP contribution in [0.4, 0.5) is 5.69 Å². The van der Waals surface area contributed by atoms with E-state index in [1.165, 1.54) is 16.8 Å². The highest BCUT2D eigenvalue weighted by Crippen LogP contribution is 2.23. The number of hydrogen-bond acceptors (Lipinski definition) is 3. The van der Waals surface area contributed by atoms with Gasteiger partial charge < -0.3 is 15.5 Å². The average molecular weight is 261 g/mol. The van der Waals surface area contributed by atoms with E-state index in [1.807, 2.05) is 7.05 Å². The van der Waals surface area contributed by atoms with Crippen LogP contribution >= 0.6 is 0 Å². The van der Waals surface area contributed by atoms with Gasteiger partial charge in [-0.3, -0.25) is 4.79 Å². The summed E-state index contributed by atoms with van der Waals surface area (Å²) < 4.78 is 0. The largest absolute Gasteiger partial charge is 0.369 e. The number of rotatable bonds is 4. The van der Waals surface area contributed by atoms with E-state index >= 15 is 0 Å². The van der Waals surface area contributed by atoms with Gasteiger partial charge in [-0.25, -0.2) is 0 Å². The summed E-state index contributed by atoms with van der Waals surface area (Å²) in [6.45, 7) is 6.55. The van der Waals surface area contributed by atoms with Crippen LogP contribution in [0.25, 0.3) is 0 Å². The number of benzene rings is 1. The highest BCUT2D eigenvalue weighted by atomic mass is 16.1. The minimum Gasteiger partial charge on any atom is -0.369 e. The monoisotopic (exact) mass is 261 g/mol. The molecule has 1 aliphatic heterocycles. The molecule has 19 heavy (non-hydrogen) atoms. The molecule has 104 valence electrons. The zero-order valence-corrected chi connectivity index (χ0v) is 12.0. The fraction of sp³-hybridized carbons (Fsp3) is 0.533. The molecule has 2 rings (SSSR count). The molecule has 0 bridgehead atoms. The number of hydrogen-bond donors (Lipinski definition) is 2. The molecule has 4 nitrogen and oxygen atoms in total. The fourth-order valence-corrected chi connectivity index (χ4v) is 2.67. The van der Waals surface area contributed by atoms with Crippen LogP contribution in [-0.4, -0.2) is 32.1 Å². The van der Waals surface area contributed by atoms with Crippen molar-refractivity contribution in [1.82, 2.24) is 10.6 Å². The van der Waals surface area contributed by atoms with Crippen LogP contribution in [0, 0.1) is 6.92 Å². The minimum atomic E-state index is 0.0624. The van der Waals surface area contributed by atoms with Crippen molar-refractivity contribution in [3.63, 3.8) is 0 Å². The topological polar surface area (TPSA) is 44.4 Å². The van der Waals surface area contributed by atoms with Crippen LogP contribution in [0.15, 0.2) is 18.2 Å². The summed E-state index contributed by atoms with van der Waals surface area (Å²) in [4.78, 5) is 13.4. The Morgan fingerprint density at radius 3 is 2.89 bits per heavy atom. The van der Waals surface area contributed by atoms with Crippen LogP contribution in [-0.2, 0) is 11.3 Å². The Morgan fingerprint density at radius 1 is 1.47 bits per heavy atom. The van der Waals surface area contributed by atoms with E-state index in [1.54, 1.807) is 6.92 Å². The molecule has 1 heterocycles. The van der Waals surface area contributed by atoms with Crippen LogP contribution < -0.4 is 15.5 Å². The average Bonchev–Trinajstić information content (AvgIpc) is 2.79. The number of carbonyl (C=O) groups excluding carboxylic acids is 1. The van der Waals surface area contributed by atoms with Crippen molar-refractivity contribution in [3.05, 3.63) is 29.3 Å². The van der Waals surface area contributed by atoms with Gasteiger partial charge in [0.2, 0.25) is 5.91 Å². The first-order valence-electron chi connectivity index (χ1n) is 6.86. The molecular weight excluding hydrogens is 238 g/mol. The number of anilines is 1. The summed E-state index contributed by atoms with van der Waals surface area (Å²) in [5.74, 6) is 0.0624. The molecule has 1 fully saturated rings. The summed E-state index contributed by atoms with van der Waals surface area (Å²) >= 11 is 0. The quantitative estimate of drug-likeness (QED) is 0.862. The predicted octanol–water partition coefficient (Wildman–Crippen LogP) is 1.43. The van der Waals surface area contributed by atoms with E-state index in [-0.39, 0.29) is 11.9 Å². The van der Waals surface area contributed by atoms with Gasteiger partial charge in [0.25, 0.3) is 0 Å². The van der Waals surface area contributed by atoms with E-state index < -0.39 is 0 Å². The molecule has 1 aromatic rings. The molecule has 4 heteroatoms. The first-order valence-corrected chi connectivity index (χ1v) is 6.86. The summed E-state index contributed by atoms with van der Waals surface area (Å²) in [5, 5.41) is 6.18. The molecule has 1 saturated heterocycles. The smallest absolute Gasteiger partial charge is 0.217 e. The van der Waals surface area contributed by atoms with Gasteiger partial charge >= 0.3 is 0 Å². The molecule has 1 atom stereocenters. The Morgan fingerprint density at radius 2 is 2.26 bits per heavy atom. The van der Waals surface area contributed by atoms with Gasteiger partial charge in [-0.2, -0.15) is 0 Å². The maximum Gasteiger partial charge on any atom is 0.217 e. The number of nitrogens with zero attached hydrogens (tertiary/aromatic N) is 1. The van der Waals surface area contributed by atoms with E-state index in [0.717, 1.165) is 26.1 Å². The Bertz CT molecular complexity index is 459. The highest BCUT2D eigenvalue weighted by Gasteiger charge is 2.23. The molecule has 1 aliphatic rings. The number of carbonyl (C=O) groups is 1. The summed E-state index contributed by atoms with van der Waals surface area (Å²) in [6.07, 6.45) is 1.02. The van der Waals surface area contributed by atoms with E-state index in [2.05, 4.69) is 40.7 Å². The zero-order valence-electron chi connectivity index (χ0n) is 12.0. The van der Waals surface area contributed by atoms with Crippen LogP contribution in [0.3, 0.4) is 0 Å². The van der Waals surface area contributed by atoms with Gasteiger partial charge in [0.05, 0.1) is 0 Å². The van der Waals surface area contributed by atoms with Crippen molar-refractivity contribution in [2.75, 3.05) is 25.0 Å². The number of aryl methyl sites for hydroxylation is 1. The molecule has 1 amide bonds. The third-order valence-corrected chi connectivity index (χ3v) is 3.65. The number of amides is 1.